The molecule has 0 spiro atoms. The number of alkyl halides is 2. The van der Waals surface area contributed by atoms with Crippen LogP contribution in [0, 0.1) is 5.82 Å². The van der Waals surface area contributed by atoms with Crippen molar-refractivity contribution in [2.24, 2.45) is 0 Å². The van der Waals surface area contributed by atoms with Crippen LogP contribution in [-0.2, 0) is 21.3 Å². The van der Waals surface area contributed by atoms with Gasteiger partial charge in [-0.05, 0) is 25.0 Å². The summed E-state index contributed by atoms with van der Waals surface area (Å²) in [4.78, 5) is 14.4. The topological polar surface area (TPSA) is 106 Å². The number of fused-ring (bicyclic) bond motifs is 1. The summed E-state index contributed by atoms with van der Waals surface area (Å²) in [6, 6.07) is 1.80. The molecule has 2 fully saturated rings. The Morgan fingerprint density at radius 3 is 2.69 bits per heavy atom. The Balaban J connectivity index is 1.38. The van der Waals surface area contributed by atoms with E-state index in [2.05, 4.69) is 10.2 Å². The highest BCUT2D eigenvalue weighted by molar-refractivity contribution is 7.90. The van der Waals surface area contributed by atoms with Gasteiger partial charge in [-0.3, -0.25) is 4.79 Å². The van der Waals surface area contributed by atoms with Crippen LogP contribution >= 0.6 is 0 Å². The molecule has 5 rings (SSSR count). The Labute approximate surface area is 181 Å². The maximum Gasteiger partial charge on any atom is 0.314 e. The molecule has 0 bridgehead atoms. The molecule has 1 saturated carbocycles. The van der Waals surface area contributed by atoms with Crippen molar-refractivity contribution in [1.29, 1.82) is 0 Å². The molecule has 1 amide bonds. The quantitative estimate of drug-likeness (QED) is 0.633. The fraction of sp³-hybridized carbons (Fsp3) is 0.526. The number of amides is 1. The van der Waals surface area contributed by atoms with Crippen molar-refractivity contribution < 1.29 is 35.5 Å². The first kappa shape index (κ1) is 21.3. The zero-order chi connectivity index (χ0) is 22.6. The number of nitrogens with zero attached hydrogens (tertiary/aromatic N) is 4. The maximum atomic E-state index is 14.8. The first-order valence-corrected chi connectivity index (χ1v) is 11.6. The molecule has 0 radical (unpaired) electrons. The second-order valence-corrected chi connectivity index (χ2v) is 10.2. The summed E-state index contributed by atoms with van der Waals surface area (Å²) in [6.45, 7) is 0.628. The molecule has 2 aliphatic heterocycles. The maximum absolute atomic E-state index is 14.8. The molecule has 1 aromatic heterocycles. The van der Waals surface area contributed by atoms with E-state index in [1.54, 1.807) is 0 Å². The van der Waals surface area contributed by atoms with Crippen molar-refractivity contribution in [2.45, 2.75) is 37.1 Å². The number of carbonyl (C=O) groups excluding carboxylic acids is 1. The number of hydrogen-bond donors (Lipinski definition) is 0. The van der Waals surface area contributed by atoms with Gasteiger partial charge in [-0.25, -0.2) is 12.8 Å². The van der Waals surface area contributed by atoms with Crippen LogP contribution in [0.4, 0.5) is 13.2 Å². The van der Waals surface area contributed by atoms with E-state index in [4.69, 9.17) is 9.15 Å². The van der Waals surface area contributed by atoms with Crippen molar-refractivity contribution >= 4 is 15.9 Å². The number of sulfonamides is 1. The van der Waals surface area contributed by atoms with Gasteiger partial charge in [0.1, 0.15) is 5.82 Å². The average Bonchev–Trinajstić information content (AvgIpc) is 3.43. The Bertz CT molecular complexity index is 1170. The molecule has 13 heteroatoms. The molecule has 1 aromatic carbocycles. The Morgan fingerprint density at radius 1 is 1.22 bits per heavy atom. The van der Waals surface area contributed by atoms with E-state index in [0.29, 0.717) is 12.8 Å². The molecular weight excluding hydrogens is 453 g/mol. The molecule has 1 atom stereocenters. The van der Waals surface area contributed by atoms with Crippen LogP contribution in [0.15, 0.2) is 16.5 Å². The number of halogens is 3. The van der Waals surface area contributed by atoms with Crippen LogP contribution in [0.1, 0.15) is 41.1 Å². The summed E-state index contributed by atoms with van der Waals surface area (Å²) in [7, 11) is -3.47. The second kappa shape index (κ2) is 7.81. The number of benzene rings is 1. The zero-order valence-electron chi connectivity index (χ0n) is 16.7. The SMILES string of the molecule is O=C1c2cc(-c3nnc(C(F)F)o3)cc(F)c2CN1C[C@H]1COCCN1S(=O)(=O)C1CC1. The first-order chi connectivity index (χ1) is 15.3. The molecule has 3 aliphatic rings. The number of morpholine rings is 1. The first-order valence-electron chi connectivity index (χ1n) is 10.1. The van der Waals surface area contributed by atoms with Gasteiger partial charge in [0.25, 0.3) is 11.8 Å². The summed E-state index contributed by atoms with van der Waals surface area (Å²) in [5.41, 5.74) is 0.195. The van der Waals surface area contributed by atoms with Gasteiger partial charge in [0, 0.05) is 36.3 Å². The lowest BCUT2D eigenvalue weighted by Crippen LogP contribution is -2.54. The third-order valence-electron chi connectivity index (χ3n) is 5.81. The minimum absolute atomic E-state index is 0.00906. The monoisotopic (exact) mass is 472 g/mol. The number of ether oxygens (including phenoxy) is 1. The minimum atomic E-state index is -3.47. The van der Waals surface area contributed by atoms with Crippen LogP contribution in [0.3, 0.4) is 0 Å². The molecule has 1 aliphatic carbocycles. The highest BCUT2D eigenvalue weighted by atomic mass is 32.2. The van der Waals surface area contributed by atoms with Gasteiger partial charge in [-0.2, -0.15) is 13.1 Å². The van der Waals surface area contributed by atoms with Gasteiger partial charge in [-0.15, -0.1) is 10.2 Å². The van der Waals surface area contributed by atoms with Gasteiger partial charge in [0.05, 0.1) is 24.5 Å². The average molecular weight is 472 g/mol. The van der Waals surface area contributed by atoms with E-state index in [1.165, 1.54) is 15.3 Å². The normalized spacial score (nSPS) is 22.1. The predicted octanol–water partition coefficient (Wildman–Crippen LogP) is 1.96. The standard InChI is InChI=1S/C19H19F3N4O5S/c20-15-6-10(17-23-24-18(31-17)16(21)22)5-13-14(15)8-25(19(13)27)7-11-9-30-4-3-26(11)32(28,29)12-1-2-12/h5-6,11-12,16H,1-4,7-9H2/t11-/m0/s1. The van der Waals surface area contributed by atoms with Gasteiger partial charge < -0.3 is 14.1 Å². The lowest BCUT2D eigenvalue weighted by atomic mass is 10.1. The number of carbonyl (C=O) groups is 1. The van der Waals surface area contributed by atoms with Crippen LogP contribution in [0.2, 0.25) is 0 Å². The molecule has 32 heavy (non-hydrogen) atoms. The van der Waals surface area contributed by atoms with E-state index in [9.17, 15) is 26.4 Å². The van der Waals surface area contributed by atoms with E-state index in [-0.39, 0.29) is 60.7 Å². The van der Waals surface area contributed by atoms with Crippen molar-refractivity contribution in [2.75, 3.05) is 26.3 Å². The Kier molecular flexibility index (Phi) is 5.21. The molecule has 0 unspecified atom stereocenters. The highest BCUT2D eigenvalue weighted by Gasteiger charge is 2.45. The van der Waals surface area contributed by atoms with Crippen molar-refractivity contribution in [3.8, 4) is 11.5 Å². The fourth-order valence-corrected chi connectivity index (χ4v) is 6.05. The molecule has 172 valence electrons. The Morgan fingerprint density at radius 2 is 2.00 bits per heavy atom. The number of aromatic nitrogens is 2. The molecule has 2 aromatic rings. The van der Waals surface area contributed by atoms with Crippen LogP contribution in [0.5, 0.6) is 0 Å². The third-order valence-corrected chi connectivity index (χ3v) is 8.26. The van der Waals surface area contributed by atoms with Crippen molar-refractivity contribution in [3.63, 3.8) is 0 Å². The van der Waals surface area contributed by atoms with Gasteiger partial charge in [-0.1, -0.05) is 0 Å². The third kappa shape index (κ3) is 3.67. The summed E-state index contributed by atoms with van der Waals surface area (Å²) in [5, 5.41) is 6.32. The zero-order valence-corrected chi connectivity index (χ0v) is 17.5. The summed E-state index contributed by atoms with van der Waals surface area (Å²) >= 11 is 0. The predicted molar refractivity (Wildman–Crippen MR) is 103 cm³/mol. The van der Waals surface area contributed by atoms with E-state index >= 15 is 0 Å². The fourth-order valence-electron chi connectivity index (χ4n) is 4.06. The number of hydrogen-bond acceptors (Lipinski definition) is 7. The Hall–Kier alpha value is -2.51. The summed E-state index contributed by atoms with van der Waals surface area (Å²) in [6.07, 6.45) is -1.73. The minimum Gasteiger partial charge on any atom is -0.415 e. The van der Waals surface area contributed by atoms with E-state index in [1.807, 2.05) is 0 Å². The molecular formula is C19H19F3N4O5S. The summed E-state index contributed by atoms with van der Waals surface area (Å²) < 4.78 is 77.4. The molecule has 0 N–H and O–H groups in total. The van der Waals surface area contributed by atoms with Gasteiger partial charge >= 0.3 is 6.43 Å². The smallest absolute Gasteiger partial charge is 0.314 e. The van der Waals surface area contributed by atoms with Crippen LogP contribution in [0.25, 0.3) is 11.5 Å². The van der Waals surface area contributed by atoms with Crippen LogP contribution in [-0.4, -0.2) is 71.3 Å². The molecule has 9 nitrogen and oxygen atoms in total. The van der Waals surface area contributed by atoms with Gasteiger partial charge in [0.15, 0.2) is 0 Å². The van der Waals surface area contributed by atoms with Crippen LogP contribution < -0.4 is 0 Å². The lowest BCUT2D eigenvalue weighted by molar-refractivity contribution is 0.0183. The number of rotatable bonds is 6. The molecule has 3 heterocycles. The lowest BCUT2D eigenvalue weighted by Gasteiger charge is -2.36. The molecule has 1 saturated heterocycles. The van der Waals surface area contributed by atoms with Crippen molar-refractivity contribution in [1.82, 2.24) is 19.4 Å². The summed E-state index contributed by atoms with van der Waals surface area (Å²) in [5.74, 6) is -2.44. The van der Waals surface area contributed by atoms with Gasteiger partial charge in [0.2, 0.25) is 15.9 Å². The second-order valence-electron chi connectivity index (χ2n) is 8.00. The van der Waals surface area contributed by atoms with Crippen molar-refractivity contribution in [3.05, 3.63) is 35.0 Å². The highest BCUT2D eigenvalue weighted by Crippen LogP contribution is 2.35. The van der Waals surface area contributed by atoms with E-state index < -0.39 is 40.1 Å². The largest absolute Gasteiger partial charge is 0.415 e. The van der Waals surface area contributed by atoms with E-state index in [0.717, 1.165) is 6.07 Å².